The van der Waals surface area contributed by atoms with E-state index in [1.807, 2.05) is 17.0 Å². The van der Waals surface area contributed by atoms with E-state index in [0.717, 1.165) is 29.4 Å². The molecule has 4 atom stereocenters. The van der Waals surface area contributed by atoms with E-state index in [-0.39, 0.29) is 30.5 Å². The van der Waals surface area contributed by atoms with Gasteiger partial charge in [0, 0.05) is 23.0 Å². The van der Waals surface area contributed by atoms with Crippen molar-refractivity contribution < 1.29 is 9.53 Å². The lowest BCUT2D eigenvalue weighted by atomic mass is 9.90. The Morgan fingerprint density at radius 1 is 1.29 bits per heavy atom. The van der Waals surface area contributed by atoms with E-state index in [4.69, 9.17) is 4.74 Å². The molecule has 2 aliphatic rings. The van der Waals surface area contributed by atoms with Crippen LogP contribution < -0.4 is 5.32 Å². The van der Waals surface area contributed by atoms with Crippen molar-refractivity contribution in [2.45, 2.75) is 44.9 Å². The molecule has 0 saturated carbocycles. The van der Waals surface area contributed by atoms with Crippen LogP contribution in [0.5, 0.6) is 0 Å². The van der Waals surface area contributed by atoms with Crippen molar-refractivity contribution in [1.82, 2.24) is 10.2 Å². The van der Waals surface area contributed by atoms with Gasteiger partial charge in [-0.1, -0.05) is 28.1 Å². The fourth-order valence-electron chi connectivity index (χ4n) is 3.71. The van der Waals surface area contributed by atoms with Gasteiger partial charge in [-0.15, -0.1) is 12.4 Å². The van der Waals surface area contributed by atoms with Gasteiger partial charge in [0.15, 0.2) is 0 Å². The number of halogens is 2. The summed E-state index contributed by atoms with van der Waals surface area (Å²) in [6.07, 6.45) is 1.84. The van der Waals surface area contributed by atoms with E-state index in [1.165, 1.54) is 0 Å². The zero-order valence-corrected chi connectivity index (χ0v) is 16.6. The molecular weight excluding hydrogens is 392 g/mol. The quantitative estimate of drug-likeness (QED) is 0.800. The van der Waals surface area contributed by atoms with Gasteiger partial charge in [0.1, 0.15) is 6.10 Å². The molecule has 3 rings (SSSR count). The van der Waals surface area contributed by atoms with Crippen molar-refractivity contribution in [3.63, 3.8) is 0 Å². The third kappa shape index (κ3) is 4.31. The molecule has 1 N–H and O–H groups in total. The number of piperidine rings is 1. The third-order valence-electron chi connectivity index (χ3n) is 5.01. The van der Waals surface area contributed by atoms with Crippen LogP contribution in [0.15, 0.2) is 28.7 Å². The number of nitrogens with one attached hydrogen (secondary N) is 1. The second-order valence-electron chi connectivity index (χ2n) is 6.69. The Morgan fingerprint density at radius 3 is 2.67 bits per heavy atom. The summed E-state index contributed by atoms with van der Waals surface area (Å²) >= 11 is 3.47. The van der Waals surface area contributed by atoms with Crippen molar-refractivity contribution in [2.24, 2.45) is 5.92 Å². The standard InChI is InChI=1S/C18H25BrN2O2.ClH/c1-12-11-15(7-8-20-12)18(22)21-9-10-23-17(13(21)2)14-3-5-16(19)6-4-14;/h3-6,12-13,15,17,20H,7-11H2,1-2H3;1H/t12-,13?,15-,17?;/m0./s1. The molecule has 0 spiro atoms. The molecular formula is C18H26BrClN2O2. The molecule has 1 amide bonds. The maximum Gasteiger partial charge on any atom is 0.226 e. The van der Waals surface area contributed by atoms with Crippen LogP contribution in [0.25, 0.3) is 0 Å². The Kier molecular flexibility index (Phi) is 7.10. The Balaban J connectivity index is 0.00000208. The molecule has 1 aromatic rings. The number of benzene rings is 1. The topological polar surface area (TPSA) is 41.6 Å². The van der Waals surface area contributed by atoms with E-state index in [9.17, 15) is 4.79 Å². The highest BCUT2D eigenvalue weighted by molar-refractivity contribution is 9.10. The summed E-state index contributed by atoms with van der Waals surface area (Å²) in [5, 5.41) is 3.42. The summed E-state index contributed by atoms with van der Waals surface area (Å²) < 4.78 is 7.04. The summed E-state index contributed by atoms with van der Waals surface area (Å²) in [6.45, 7) is 6.51. The van der Waals surface area contributed by atoms with E-state index in [1.54, 1.807) is 0 Å². The highest BCUT2D eigenvalue weighted by atomic mass is 79.9. The average molecular weight is 418 g/mol. The second kappa shape index (κ2) is 8.65. The SMILES string of the molecule is CC1C(c2ccc(Br)cc2)OCCN1C(=O)[C@H]1CCN[C@@H](C)C1.Cl. The first kappa shape index (κ1) is 19.7. The molecule has 2 fully saturated rings. The molecule has 4 nitrogen and oxygen atoms in total. The highest BCUT2D eigenvalue weighted by Gasteiger charge is 2.36. The van der Waals surface area contributed by atoms with Crippen molar-refractivity contribution in [3.05, 3.63) is 34.3 Å². The minimum absolute atomic E-state index is 0. The molecule has 2 heterocycles. The summed E-state index contributed by atoms with van der Waals surface area (Å²) in [5.41, 5.74) is 1.14. The molecule has 134 valence electrons. The highest BCUT2D eigenvalue weighted by Crippen LogP contribution is 2.31. The number of morpholine rings is 1. The Hall–Kier alpha value is -0.620. The van der Waals surface area contributed by atoms with Gasteiger partial charge in [-0.2, -0.15) is 0 Å². The lowest BCUT2D eigenvalue weighted by Crippen LogP contribution is -2.52. The summed E-state index contributed by atoms with van der Waals surface area (Å²) in [7, 11) is 0. The van der Waals surface area contributed by atoms with Crippen molar-refractivity contribution in [1.29, 1.82) is 0 Å². The number of carbonyl (C=O) groups is 1. The fourth-order valence-corrected chi connectivity index (χ4v) is 3.98. The first-order valence-corrected chi connectivity index (χ1v) is 9.26. The zero-order valence-electron chi connectivity index (χ0n) is 14.2. The molecule has 6 heteroatoms. The number of rotatable bonds is 2. The molecule has 1 aromatic carbocycles. The number of amides is 1. The number of carbonyl (C=O) groups excluding carboxylic acids is 1. The van der Waals surface area contributed by atoms with Gasteiger partial charge >= 0.3 is 0 Å². The predicted octanol–water partition coefficient (Wildman–Crippen LogP) is 3.55. The number of hydrogen-bond donors (Lipinski definition) is 1. The van der Waals surface area contributed by atoms with Crippen LogP contribution in [0.2, 0.25) is 0 Å². The fraction of sp³-hybridized carbons (Fsp3) is 0.611. The molecule has 2 unspecified atom stereocenters. The van der Waals surface area contributed by atoms with Gasteiger partial charge in [-0.25, -0.2) is 0 Å². The van der Waals surface area contributed by atoms with E-state index >= 15 is 0 Å². The van der Waals surface area contributed by atoms with Crippen LogP contribution >= 0.6 is 28.3 Å². The van der Waals surface area contributed by atoms with Crippen LogP contribution in [0.4, 0.5) is 0 Å². The van der Waals surface area contributed by atoms with E-state index < -0.39 is 0 Å². The van der Waals surface area contributed by atoms with Crippen LogP contribution in [0, 0.1) is 5.92 Å². The number of hydrogen-bond acceptors (Lipinski definition) is 3. The molecule has 24 heavy (non-hydrogen) atoms. The molecule has 0 bridgehead atoms. The van der Waals surface area contributed by atoms with Gasteiger partial charge in [-0.05, 0) is 50.9 Å². The third-order valence-corrected chi connectivity index (χ3v) is 5.54. The van der Waals surface area contributed by atoms with Crippen molar-refractivity contribution in [2.75, 3.05) is 19.7 Å². The molecule has 0 aromatic heterocycles. The maximum atomic E-state index is 13.0. The molecule has 0 aliphatic carbocycles. The first-order chi connectivity index (χ1) is 11.1. The second-order valence-corrected chi connectivity index (χ2v) is 7.61. The number of nitrogens with zero attached hydrogens (tertiary/aromatic N) is 1. The molecule has 2 saturated heterocycles. The molecule has 2 aliphatic heterocycles. The first-order valence-electron chi connectivity index (χ1n) is 8.47. The van der Waals surface area contributed by atoms with Crippen LogP contribution in [-0.4, -0.2) is 42.6 Å². The van der Waals surface area contributed by atoms with Gasteiger partial charge in [0.25, 0.3) is 0 Å². The monoisotopic (exact) mass is 416 g/mol. The molecule has 0 radical (unpaired) electrons. The predicted molar refractivity (Wildman–Crippen MR) is 101 cm³/mol. The Labute approximate surface area is 158 Å². The van der Waals surface area contributed by atoms with Crippen LogP contribution in [-0.2, 0) is 9.53 Å². The van der Waals surface area contributed by atoms with Crippen LogP contribution in [0.1, 0.15) is 38.4 Å². The van der Waals surface area contributed by atoms with Gasteiger partial charge in [0.05, 0.1) is 12.6 Å². The maximum absolute atomic E-state index is 13.0. The largest absolute Gasteiger partial charge is 0.370 e. The zero-order chi connectivity index (χ0) is 16.4. The van der Waals surface area contributed by atoms with E-state index in [2.05, 4.69) is 47.2 Å². The van der Waals surface area contributed by atoms with Crippen molar-refractivity contribution >= 4 is 34.2 Å². The van der Waals surface area contributed by atoms with Crippen LogP contribution in [0.3, 0.4) is 0 Å². The lowest BCUT2D eigenvalue weighted by molar-refractivity contribution is -0.151. The average Bonchev–Trinajstić information content (AvgIpc) is 2.55. The summed E-state index contributed by atoms with van der Waals surface area (Å²) in [6, 6.07) is 8.71. The van der Waals surface area contributed by atoms with Gasteiger partial charge in [-0.3, -0.25) is 4.79 Å². The van der Waals surface area contributed by atoms with Crippen molar-refractivity contribution in [3.8, 4) is 0 Å². The Bertz CT molecular complexity index is 554. The smallest absolute Gasteiger partial charge is 0.226 e. The lowest BCUT2D eigenvalue weighted by Gasteiger charge is -2.42. The minimum atomic E-state index is -0.0417. The van der Waals surface area contributed by atoms with Gasteiger partial charge < -0.3 is 15.0 Å². The summed E-state index contributed by atoms with van der Waals surface area (Å²) in [5.74, 6) is 0.452. The van der Waals surface area contributed by atoms with E-state index in [0.29, 0.717) is 25.1 Å². The minimum Gasteiger partial charge on any atom is -0.370 e. The Morgan fingerprint density at radius 2 is 2.00 bits per heavy atom. The number of ether oxygens (including phenoxy) is 1. The normalized spacial score (nSPS) is 30.5. The van der Waals surface area contributed by atoms with Gasteiger partial charge in [0.2, 0.25) is 5.91 Å². The summed E-state index contributed by atoms with van der Waals surface area (Å²) in [4.78, 5) is 15.0.